The first-order valence-electron chi connectivity index (χ1n) is 16.3. The highest BCUT2D eigenvalue weighted by Crippen LogP contribution is 2.25. The molecule has 3 rings (SSSR count). The number of carbonyl (C=O) groups is 5. The molecule has 2 radical (unpaired) electrons. The van der Waals surface area contributed by atoms with Gasteiger partial charge >= 0.3 is 6.18 Å². The molecule has 5 amide bonds. The lowest BCUT2D eigenvalue weighted by molar-refractivity contribution is -0.212. The largest absolute Gasteiger partial charge is 0.416 e. The van der Waals surface area contributed by atoms with Crippen molar-refractivity contribution in [3.8, 4) is 0 Å². The van der Waals surface area contributed by atoms with Gasteiger partial charge in [0.2, 0.25) is 23.6 Å². The molecule has 2 unspecified atom stereocenters. The van der Waals surface area contributed by atoms with Gasteiger partial charge in [0.25, 0.3) is 5.91 Å². The van der Waals surface area contributed by atoms with Crippen LogP contribution in [-0.2, 0) is 30.3 Å². The van der Waals surface area contributed by atoms with Gasteiger partial charge in [0, 0.05) is 37.9 Å². The van der Waals surface area contributed by atoms with Gasteiger partial charge in [-0.2, -0.15) is 13.2 Å². The second-order valence-electron chi connectivity index (χ2n) is 12.4. The summed E-state index contributed by atoms with van der Waals surface area (Å²) >= 11 is 0. The van der Waals surface area contributed by atoms with Crippen LogP contribution < -0.4 is 21.7 Å². The number of benzene rings is 2. The van der Waals surface area contributed by atoms with E-state index < -0.39 is 72.8 Å². The third-order valence-corrected chi connectivity index (χ3v) is 8.13. The van der Waals surface area contributed by atoms with Crippen LogP contribution in [0, 0.1) is 18.3 Å². The number of nitrogens with two attached hydrogens (primary N) is 1. The number of rotatable bonds is 16. The molecule has 272 valence electrons. The Labute approximate surface area is 289 Å². The summed E-state index contributed by atoms with van der Waals surface area (Å²) in [6.45, 7) is 6.46. The number of aliphatic hydroxyl groups is 1. The third-order valence-electron chi connectivity index (χ3n) is 8.13. The molecule has 6 N–H and O–H groups in total. The highest BCUT2D eigenvalue weighted by Gasteiger charge is 2.44. The van der Waals surface area contributed by atoms with Gasteiger partial charge in [-0.25, -0.2) is 0 Å². The zero-order valence-corrected chi connectivity index (χ0v) is 28.2. The summed E-state index contributed by atoms with van der Waals surface area (Å²) in [5, 5.41) is 17.0. The van der Waals surface area contributed by atoms with E-state index in [1.165, 1.54) is 6.92 Å². The normalized spacial score (nSPS) is 16.4. The lowest BCUT2D eigenvalue weighted by Gasteiger charge is -2.29. The van der Waals surface area contributed by atoms with Gasteiger partial charge in [0.1, 0.15) is 12.1 Å². The minimum Gasteiger partial charge on any atom is -0.382 e. The van der Waals surface area contributed by atoms with E-state index in [0.717, 1.165) is 0 Å². The van der Waals surface area contributed by atoms with Crippen molar-refractivity contribution in [2.24, 2.45) is 17.6 Å². The Morgan fingerprint density at radius 1 is 0.900 bits per heavy atom. The maximum absolute atomic E-state index is 13.8. The highest BCUT2D eigenvalue weighted by atomic mass is 19.4. The van der Waals surface area contributed by atoms with E-state index in [9.17, 15) is 42.3 Å². The van der Waals surface area contributed by atoms with Crippen LogP contribution in [0.5, 0.6) is 0 Å². The van der Waals surface area contributed by atoms with Crippen molar-refractivity contribution in [3.63, 3.8) is 0 Å². The Balaban J connectivity index is 1.79. The van der Waals surface area contributed by atoms with E-state index in [2.05, 4.69) is 17.1 Å². The van der Waals surface area contributed by atoms with Crippen LogP contribution in [0.4, 0.5) is 13.2 Å². The van der Waals surface area contributed by atoms with E-state index in [1.54, 1.807) is 73.3 Å². The molecule has 1 aliphatic rings. The van der Waals surface area contributed by atoms with Gasteiger partial charge in [-0.05, 0) is 36.5 Å². The molecule has 15 heteroatoms. The number of halogens is 3. The zero-order chi connectivity index (χ0) is 37.0. The van der Waals surface area contributed by atoms with Crippen molar-refractivity contribution in [1.82, 2.24) is 20.9 Å². The number of nitrogens with zero attached hydrogens (tertiary/aromatic N) is 1. The fraction of sp³-hybridized carbons (Fsp3) is 0.486. The smallest absolute Gasteiger partial charge is 0.382 e. The summed E-state index contributed by atoms with van der Waals surface area (Å²) in [6.07, 6.45) is -6.08. The lowest BCUT2D eigenvalue weighted by atomic mass is 9.86. The van der Waals surface area contributed by atoms with E-state index in [0.29, 0.717) is 43.0 Å². The minimum absolute atomic E-state index is 0.00229. The van der Waals surface area contributed by atoms with Crippen LogP contribution >= 0.6 is 0 Å². The van der Waals surface area contributed by atoms with Crippen molar-refractivity contribution >= 4 is 29.5 Å². The monoisotopic (exact) mass is 703 g/mol. The number of morpholine rings is 1. The Morgan fingerprint density at radius 3 is 2.12 bits per heavy atom. The molecule has 0 bridgehead atoms. The molecule has 12 nitrogen and oxygen atoms in total. The third kappa shape index (κ3) is 11.8. The molecular formula is C35H44F3N5O7. The molecule has 2 aromatic rings. The molecule has 1 fully saturated rings. The van der Waals surface area contributed by atoms with Crippen LogP contribution in [0.15, 0.2) is 54.6 Å². The number of amides is 5. The predicted octanol–water partition coefficient (Wildman–Crippen LogP) is 1.77. The van der Waals surface area contributed by atoms with Gasteiger partial charge in [0.05, 0.1) is 25.2 Å². The summed E-state index contributed by atoms with van der Waals surface area (Å²) in [6, 6.07) is 10.9. The first-order chi connectivity index (χ1) is 23.6. The Hall–Kier alpha value is -4.50. The molecule has 0 spiro atoms. The number of hydrogen-bond donors (Lipinski definition) is 5. The molecular weight excluding hydrogens is 659 g/mol. The topological polar surface area (TPSA) is 180 Å². The van der Waals surface area contributed by atoms with Crippen LogP contribution in [0.25, 0.3) is 0 Å². The lowest BCUT2D eigenvalue weighted by Crippen LogP contribution is -2.57. The maximum Gasteiger partial charge on any atom is 0.416 e. The Bertz CT molecular complexity index is 1470. The minimum atomic E-state index is -5.11. The summed E-state index contributed by atoms with van der Waals surface area (Å²) in [4.78, 5) is 66.5. The van der Waals surface area contributed by atoms with E-state index in [-0.39, 0.29) is 18.2 Å². The van der Waals surface area contributed by atoms with Gasteiger partial charge in [-0.3, -0.25) is 24.0 Å². The summed E-state index contributed by atoms with van der Waals surface area (Å²) < 4.78 is 45.2. The SMILES string of the molecule is CC(C)[C@H]([C]c1ccccc1C(=O)N1CCOCC1)C(=O)N[C@@H](Cc1ccccc1)C(=O)N[C@@H](C)C(=O)NC(CCC(N)=O)C(O)C(F)(F)F. The molecule has 1 aliphatic heterocycles. The van der Waals surface area contributed by atoms with Gasteiger partial charge < -0.3 is 36.4 Å². The van der Waals surface area contributed by atoms with Crippen LogP contribution in [0.1, 0.15) is 55.1 Å². The molecule has 2 aromatic carbocycles. The first-order valence-corrected chi connectivity index (χ1v) is 16.3. The van der Waals surface area contributed by atoms with Gasteiger partial charge in [0.15, 0.2) is 6.10 Å². The van der Waals surface area contributed by atoms with E-state index in [4.69, 9.17) is 10.5 Å². The van der Waals surface area contributed by atoms with Crippen molar-refractivity contribution < 1.29 is 47.0 Å². The molecule has 5 atom stereocenters. The number of carbonyl (C=O) groups excluding carboxylic acids is 5. The quantitative estimate of drug-likeness (QED) is 0.177. The average Bonchev–Trinajstić information content (AvgIpc) is 3.08. The first kappa shape index (κ1) is 39.9. The van der Waals surface area contributed by atoms with E-state index >= 15 is 0 Å². The fourth-order valence-electron chi connectivity index (χ4n) is 5.28. The van der Waals surface area contributed by atoms with Crippen LogP contribution in [0.2, 0.25) is 0 Å². The second kappa shape index (κ2) is 18.5. The summed E-state index contributed by atoms with van der Waals surface area (Å²) in [7, 11) is 0. The van der Waals surface area contributed by atoms with Crippen molar-refractivity contribution in [3.05, 3.63) is 77.7 Å². The standard InChI is InChI=1S/C35H44F3N5O7/c1-21(2)26(20-24-11-7-8-12-25(24)34(49)43-15-17-50-18-16-43)32(47)42-28(19-23-9-5-4-6-10-23)33(48)40-22(3)31(46)41-27(13-14-29(39)44)30(45)35(36,37)38/h4-12,21-22,26-28,30,45H,13-19H2,1-3H3,(H2,39,44)(H,40,48)(H,41,46)(H,42,47)/t22-,26-,27?,28-,30?/m0/s1. The Morgan fingerprint density at radius 2 is 1.52 bits per heavy atom. The highest BCUT2D eigenvalue weighted by molar-refractivity contribution is 5.97. The molecule has 50 heavy (non-hydrogen) atoms. The average molecular weight is 704 g/mol. The van der Waals surface area contributed by atoms with Crippen LogP contribution in [0.3, 0.4) is 0 Å². The van der Waals surface area contributed by atoms with Crippen molar-refractivity contribution in [2.75, 3.05) is 26.3 Å². The van der Waals surface area contributed by atoms with Gasteiger partial charge in [-0.15, -0.1) is 0 Å². The molecule has 1 saturated heterocycles. The molecule has 1 heterocycles. The summed E-state index contributed by atoms with van der Waals surface area (Å²) in [5.41, 5.74) is 6.49. The van der Waals surface area contributed by atoms with Gasteiger partial charge in [-0.1, -0.05) is 62.4 Å². The number of hydrogen-bond acceptors (Lipinski definition) is 7. The summed E-state index contributed by atoms with van der Waals surface area (Å²) in [5.74, 6) is -4.86. The molecule has 0 aromatic heterocycles. The predicted molar refractivity (Wildman–Crippen MR) is 176 cm³/mol. The zero-order valence-electron chi connectivity index (χ0n) is 28.2. The number of primary amides is 1. The van der Waals surface area contributed by atoms with Crippen molar-refractivity contribution in [2.45, 2.75) is 70.4 Å². The maximum atomic E-state index is 13.8. The number of nitrogens with one attached hydrogen (secondary N) is 3. The Kier molecular flexibility index (Phi) is 14.8. The molecule has 0 saturated carbocycles. The van der Waals surface area contributed by atoms with Crippen LogP contribution in [-0.4, -0.2) is 96.3 Å². The number of alkyl halides is 3. The number of ether oxygens (including phenoxy) is 1. The van der Waals surface area contributed by atoms with E-state index in [1.807, 2.05) is 5.32 Å². The second-order valence-corrected chi connectivity index (χ2v) is 12.4. The number of aliphatic hydroxyl groups excluding tert-OH is 1. The van der Waals surface area contributed by atoms with Crippen molar-refractivity contribution in [1.29, 1.82) is 0 Å². The molecule has 0 aliphatic carbocycles. The fourth-order valence-corrected chi connectivity index (χ4v) is 5.28.